The topological polar surface area (TPSA) is 200 Å². The molecular formula is C40H33N5O9S2. The number of aliphatic carboxylic acids is 1. The third kappa shape index (κ3) is 7.14. The number of rotatable bonds is 13. The van der Waals surface area contributed by atoms with Crippen LogP contribution in [-0.4, -0.2) is 85.6 Å². The number of esters is 1. The molecule has 1 saturated heterocycles. The summed E-state index contributed by atoms with van der Waals surface area (Å²) in [7, 11) is 1.28. The number of carboxylic acids is 1. The summed E-state index contributed by atoms with van der Waals surface area (Å²) in [5.74, 6) is -4.61. The van der Waals surface area contributed by atoms with Gasteiger partial charge in [0, 0.05) is 16.7 Å². The number of hydrogen-bond donors (Lipinski definition) is 5. The summed E-state index contributed by atoms with van der Waals surface area (Å²) >= 11 is 2.43. The van der Waals surface area contributed by atoms with Gasteiger partial charge in [-0.05, 0) is 34.9 Å². The smallest absolute Gasteiger partial charge is 0.352 e. The first-order valence-electron chi connectivity index (χ1n) is 17.0. The molecule has 1 aromatic heterocycles. The Bertz CT molecular complexity index is 2260. The first-order chi connectivity index (χ1) is 27.1. The normalized spacial score (nSPS) is 16.7. The molecule has 2 aliphatic heterocycles. The second kappa shape index (κ2) is 16.0. The number of carbonyl (C=O) groups is 4. The minimum Gasteiger partial charge on any atom is -0.504 e. The van der Waals surface area contributed by atoms with Gasteiger partial charge >= 0.3 is 11.9 Å². The maximum absolute atomic E-state index is 13.8. The van der Waals surface area contributed by atoms with E-state index < -0.39 is 58.8 Å². The van der Waals surface area contributed by atoms with Crippen molar-refractivity contribution in [3.63, 3.8) is 0 Å². The number of phenols is 2. The number of phenolic OH excluding ortho intramolecular Hbond substituents is 2. The van der Waals surface area contributed by atoms with Crippen LogP contribution in [0.1, 0.15) is 32.7 Å². The number of carbonyl (C=O) groups excluding carboxylic acids is 3. The lowest BCUT2D eigenvalue weighted by molar-refractivity contribution is -0.150. The van der Waals surface area contributed by atoms with Crippen molar-refractivity contribution < 1.29 is 44.1 Å². The van der Waals surface area contributed by atoms with Crippen molar-refractivity contribution in [1.82, 2.24) is 15.2 Å². The van der Waals surface area contributed by atoms with Crippen molar-refractivity contribution >= 4 is 57.7 Å². The Balaban J connectivity index is 1.10. The molecule has 284 valence electrons. The van der Waals surface area contributed by atoms with Crippen LogP contribution >= 0.6 is 23.1 Å². The molecule has 0 aliphatic carbocycles. The van der Waals surface area contributed by atoms with Crippen LogP contribution in [0.15, 0.2) is 131 Å². The molecule has 1 fully saturated rings. The van der Waals surface area contributed by atoms with Crippen molar-refractivity contribution in [2.45, 2.75) is 17.0 Å². The van der Waals surface area contributed by atoms with Crippen LogP contribution in [0.5, 0.6) is 11.5 Å². The van der Waals surface area contributed by atoms with E-state index in [4.69, 9.17) is 14.6 Å². The summed E-state index contributed by atoms with van der Waals surface area (Å²) in [6.45, 7) is -0.451. The number of aromatic hydroxyl groups is 2. The van der Waals surface area contributed by atoms with Crippen LogP contribution in [0.25, 0.3) is 0 Å². The molecule has 7 rings (SSSR count). The van der Waals surface area contributed by atoms with Crippen molar-refractivity contribution in [2.75, 3.05) is 24.8 Å². The van der Waals surface area contributed by atoms with Crippen LogP contribution < -0.4 is 10.6 Å². The van der Waals surface area contributed by atoms with E-state index >= 15 is 0 Å². The average molecular weight is 792 g/mol. The number of aromatic nitrogens is 1. The fourth-order valence-electron chi connectivity index (χ4n) is 6.57. The number of carboxylic acid groups (broad SMARTS) is 1. The lowest BCUT2D eigenvalue weighted by atomic mass is 9.77. The molecule has 2 aliphatic rings. The first-order valence-corrected chi connectivity index (χ1v) is 19.0. The fourth-order valence-corrected chi connectivity index (χ4v) is 8.65. The molecule has 0 bridgehead atoms. The number of β-lactam (4-membered cyclic amide) rings is 1. The number of thioether (sulfide) groups is 1. The van der Waals surface area contributed by atoms with Gasteiger partial charge in [-0.25, -0.2) is 14.6 Å². The van der Waals surface area contributed by atoms with Crippen LogP contribution in [0.3, 0.4) is 0 Å². The van der Waals surface area contributed by atoms with Gasteiger partial charge in [0.25, 0.3) is 11.8 Å². The maximum atomic E-state index is 13.8. The summed E-state index contributed by atoms with van der Waals surface area (Å²) in [5.41, 5.74) is 1.67. The fraction of sp³-hybridized carbons (Fsp3) is 0.150. The number of fused-ring (bicyclic) bond motifs is 1. The van der Waals surface area contributed by atoms with Crippen molar-refractivity contribution in [3.05, 3.63) is 154 Å². The highest BCUT2D eigenvalue weighted by Gasteiger charge is 2.54. The Morgan fingerprint density at radius 2 is 1.52 bits per heavy atom. The van der Waals surface area contributed by atoms with E-state index in [-0.39, 0.29) is 34.0 Å². The summed E-state index contributed by atoms with van der Waals surface area (Å²) in [6, 6.07) is 32.0. The van der Waals surface area contributed by atoms with Crippen molar-refractivity contribution in [1.29, 1.82) is 0 Å². The highest BCUT2D eigenvalue weighted by molar-refractivity contribution is 8.00. The summed E-state index contributed by atoms with van der Waals surface area (Å²) < 4.78 is 5.28. The highest BCUT2D eigenvalue weighted by Crippen LogP contribution is 2.42. The van der Waals surface area contributed by atoms with Crippen molar-refractivity contribution in [3.8, 4) is 11.5 Å². The lowest BCUT2D eigenvalue weighted by Crippen LogP contribution is -2.71. The Hall–Kier alpha value is -6.65. The molecule has 0 spiro atoms. The molecule has 14 nitrogen and oxygen atoms in total. The van der Waals surface area contributed by atoms with Gasteiger partial charge in [0.15, 0.2) is 22.3 Å². The number of benzene rings is 4. The van der Waals surface area contributed by atoms with E-state index in [1.807, 2.05) is 91.0 Å². The minimum absolute atomic E-state index is 0.0682. The zero-order chi connectivity index (χ0) is 39.4. The lowest BCUT2D eigenvalue weighted by Gasteiger charge is -2.49. The maximum Gasteiger partial charge on any atom is 0.352 e. The van der Waals surface area contributed by atoms with E-state index in [0.29, 0.717) is 5.13 Å². The number of anilines is 1. The van der Waals surface area contributed by atoms with Gasteiger partial charge in [0.1, 0.15) is 42.1 Å². The van der Waals surface area contributed by atoms with E-state index in [1.54, 1.807) is 5.38 Å². The zero-order valence-electron chi connectivity index (χ0n) is 29.5. The quantitative estimate of drug-likeness (QED) is 0.0270. The van der Waals surface area contributed by atoms with E-state index in [9.17, 15) is 34.5 Å². The highest BCUT2D eigenvalue weighted by atomic mass is 32.2. The zero-order valence-corrected chi connectivity index (χ0v) is 31.1. The monoisotopic (exact) mass is 791 g/mol. The number of oxime groups is 1. The van der Waals surface area contributed by atoms with Crippen LogP contribution in [0, 0.1) is 0 Å². The first kappa shape index (κ1) is 37.7. The number of amides is 2. The number of nitrogens with one attached hydrogen (secondary N) is 2. The number of hydrogen-bond acceptors (Lipinski definition) is 13. The Morgan fingerprint density at radius 1 is 0.911 bits per heavy atom. The summed E-state index contributed by atoms with van der Waals surface area (Å²) in [6.07, 6.45) is 0. The molecule has 16 heteroatoms. The largest absolute Gasteiger partial charge is 0.504 e. The average Bonchev–Trinajstić information content (AvgIpc) is 3.69. The Morgan fingerprint density at radius 3 is 2.07 bits per heavy atom. The number of nitrogens with zero attached hydrogens (tertiary/aromatic N) is 3. The van der Waals surface area contributed by atoms with Gasteiger partial charge in [0.05, 0.1) is 5.56 Å². The van der Waals surface area contributed by atoms with Gasteiger partial charge in [-0.3, -0.25) is 14.5 Å². The molecule has 0 saturated carbocycles. The van der Waals surface area contributed by atoms with E-state index in [2.05, 4.69) is 15.8 Å². The van der Waals surface area contributed by atoms with Crippen molar-refractivity contribution in [2.24, 2.45) is 5.16 Å². The number of thiazole rings is 1. The van der Waals surface area contributed by atoms with E-state index in [1.165, 1.54) is 36.3 Å². The molecule has 0 radical (unpaired) electrons. The Kier molecular flexibility index (Phi) is 10.7. The van der Waals surface area contributed by atoms with Gasteiger partial charge in [-0.15, -0.1) is 23.1 Å². The van der Waals surface area contributed by atoms with Crippen LogP contribution in [-0.2, 0) is 29.5 Å². The molecular weight excluding hydrogens is 759 g/mol. The minimum atomic E-state index is -1.41. The van der Waals surface area contributed by atoms with Gasteiger partial charge in [0.2, 0.25) is 0 Å². The molecule has 5 aromatic rings. The molecule has 4 aromatic carbocycles. The molecule has 2 amide bonds. The number of ether oxygens (including phenoxy) is 1. The molecule has 0 unspecified atom stereocenters. The second-order valence-electron chi connectivity index (χ2n) is 12.5. The SMILES string of the molecule is CON=C(C(=O)N[C@@H]1C(=O)N2C(C(=O)O)=C(COC(=O)c3ccc(O)c(O)c3)CS[C@H]12)c1csc(NC(c2ccccc2)(c2ccccc2)c2ccccc2)n1. The molecule has 2 atom stereocenters. The van der Waals surface area contributed by atoms with Gasteiger partial charge in [-0.1, -0.05) is 96.2 Å². The molecule has 5 N–H and O–H groups in total. The molecule has 3 heterocycles. The summed E-state index contributed by atoms with van der Waals surface area (Å²) in [4.78, 5) is 63.0. The predicted octanol–water partition coefficient (Wildman–Crippen LogP) is 4.90. The van der Waals surface area contributed by atoms with Gasteiger partial charge in [-0.2, -0.15) is 0 Å². The van der Waals surface area contributed by atoms with Crippen LogP contribution in [0.4, 0.5) is 5.13 Å². The predicted molar refractivity (Wildman–Crippen MR) is 208 cm³/mol. The third-order valence-electron chi connectivity index (χ3n) is 9.18. The third-order valence-corrected chi connectivity index (χ3v) is 11.3. The summed E-state index contributed by atoms with van der Waals surface area (Å²) in [5, 5.41) is 40.9. The standard InChI is InChI=1S/C40H33N5O9S2/c1-53-44-31(28-22-56-39(41-28)43-40(25-11-5-2-6-12-25,26-13-7-3-8-14-26)27-15-9-4-10-16-27)34(48)42-32-35(49)45-33(37(50)51)24(21-55-36(32)45)20-54-38(52)23-17-18-29(46)30(47)19-23/h2-19,22,32,36,46-47H,20-21H2,1H3,(H,41,43)(H,42,48)(H,50,51)/t32-,36-/m1/s1. The van der Waals surface area contributed by atoms with E-state index in [0.717, 1.165) is 33.7 Å². The second-order valence-corrected chi connectivity index (χ2v) is 14.5. The molecule has 56 heavy (non-hydrogen) atoms. The van der Waals surface area contributed by atoms with Gasteiger partial charge < -0.3 is 35.5 Å². The van der Waals surface area contributed by atoms with Crippen LogP contribution in [0.2, 0.25) is 0 Å². The Labute approximate surface area is 328 Å².